The molecule has 0 saturated carbocycles. The van der Waals surface area contributed by atoms with E-state index in [1.54, 1.807) is 24.3 Å². The number of sulfonamides is 1. The summed E-state index contributed by atoms with van der Waals surface area (Å²) in [5, 5.41) is 0. The van der Waals surface area contributed by atoms with Crippen molar-refractivity contribution >= 4 is 10.0 Å². The second kappa shape index (κ2) is 6.03. The zero-order chi connectivity index (χ0) is 13.9. The van der Waals surface area contributed by atoms with Crippen molar-refractivity contribution in [3.8, 4) is 0 Å². The SMILES string of the molecule is CC(C)N1CCCC(NS(=O)(=O)c2ccccc2)C1. The monoisotopic (exact) mass is 282 g/mol. The minimum absolute atomic E-state index is 0.0151. The highest BCUT2D eigenvalue weighted by Crippen LogP contribution is 2.16. The third kappa shape index (κ3) is 3.78. The molecular weight excluding hydrogens is 260 g/mol. The van der Waals surface area contributed by atoms with Crippen LogP contribution in [0.15, 0.2) is 35.2 Å². The molecule has 1 aromatic rings. The fraction of sp³-hybridized carbons (Fsp3) is 0.571. The van der Waals surface area contributed by atoms with Gasteiger partial charge in [0.2, 0.25) is 10.0 Å². The molecule has 4 nitrogen and oxygen atoms in total. The number of nitrogens with zero attached hydrogens (tertiary/aromatic N) is 1. The van der Waals surface area contributed by atoms with Gasteiger partial charge >= 0.3 is 0 Å². The average molecular weight is 282 g/mol. The van der Waals surface area contributed by atoms with Crippen LogP contribution in [0.4, 0.5) is 0 Å². The minimum atomic E-state index is -3.39. The summed E-state index contributed by atoms with van der Waals surface area (Å²) in [6.45, 7) is 6.15. The van der Waals surface area contributed by atoms with E-state index in [4.69, 9.17) is 0 Å². The Hall–Kier alpha value is -0.910. The highest BCUT2D eigenvalue weighted by Gasteiger charge is 2.25. The molecule has 1 aromatic carbocycles. The maximum absolute atomic E-state index is 12.2. The van der Waals surface area contributed by atoms with Gasteiger partial charge in [-0.2, -0.15) is 0 Å². The Morgan fingerprint density at radius 2 is 1.95 bits per heavy atom. The van der Waals surface area contributed by atoms with E-state index in [-0.39, 0.29) is 6.04 Å². The zero-order valence-corrected chi connectivity index (χ0v) is 12.4. The third-order valence-electron chi connectivity index (χ3n) is 3.56. The van der Waals surface area contributed by atoms with Gasteiger partial charge in [-0.05, 0) is 45.4 Å². The van der Waals surface area contributed by atoms with Crippen LogP contribution in [0.2, 0.25) is 0 Å². The molecule has 0 aromatic heterocycles. The minimum Gasteiger partial charge on any atom is -0.299 e. The van der Waals surface area contributed by atoms with Crippen molar-refractivity contribution in [1.29, 1.82) is 0 Å². The molecule has 0 aliphatic carbocycles. The summed E-state index contributed by atoms with van der Waals surface area (Å²) >= 11 is 0. The Bertz CT molecular complexity index is 499. The average Bonchev–Trinajstić information content (AvgIpc) is 2.39. The molecule has 0 bridgehead atoms. The summed E-state index contributed by atoms with van der Waals surface area (Å²) in [6, 6.07) is 9.05. The van der Waals surface area contributed by atoms with Crippen LogP contribution in [0.1, 0.15) is 26.7 Å². The third-order valence-corrected chi connectivity index (χ3v) is 5.09. The summed E-state index contributed by atoms with van der Waals surface area (Å²) in [7, 11) is -3.39. The van der Waals surface area contributed by atoms with Crippen LogP contribution < -0.4 is 4.72 Å². The molecule has 1 unspecified atom stereocenters. The van der Waals surface area contributed by atoms with Crippen molar-refractivity contribution < 1.29 is 8.42 Å². The largest absolute Gasteiger partial charge is 0.299 e. The second-order valence-electron chi connectivity index (χ2n) is 5.36. The van der Waals surface area contributed by atoms with Crippen molar-refractivity contribution in [3.63, 3.8) is 0 Å². The van der Waals surface area contributed by atoms with Crippen molar-refractivity contribution in [2.45, 2.75) is 43.7 Å². The zero-order valence-electron chi connectivity index (χ0n) is 11.5. The standard InChI is InChI=1S/C14H22N2O2S/c1-12(2)16-10-6-7-13(11-16)15-19(17,18)14-8-4-3-5-9-14/h3-5,8-9,12-13,15H,6-7,10-11H2,1-2H3. The molecule has 1 fully saturated rings. The molecule has 0 spiro atoms. The smallest absolute Gasteiger partial charge is 0.240 e. The van der Waals surface area contributed by atoms with Crippen molar-refractivity contribution in [2.75, 3.05) is 13.1 Å². The van der Waals surface area contributed by atoms with Gasteiger partial charge in [0.25, 0.3) is 0 Å². The number of hydrogen-bond donors (Lipinski definition) is 1. The van der Waals surface area contributed by atoms with E-state index in [1.807, 2.05) is 6.07 Å². The van der Waals surface area contributed by atoms with Crippen LogP contribution in [0.5, 0.6) is 0 Å². The molecule has 1 heterocycles. The van der Waals surface area contributed by atoms with E-state index in [1.165, 1.54) is 0 Å². The summed E-state index contributed by atoms with van der Waals surface area (Å²) in [5.41, 5.74) is 0. The van der Waals surface area contributed by atoms with Gasteiger partial charge in [0, 0.05) is 18.6 Å². The molecule has 1 aliphatic rings. The van der Waals surface area contributed by atoms with E-state index in [9.17, 15) is 8.42 Å². The van der Waals surface area contributed by atoms with Crippen LogP contribution in [-0.4, -0.2) is 38.5 Å². The van der Waals surface area contributed by atoms with Gasteiger partial charge in [0.15, 0.2) is 0 Å². The summed E-state index contributed by atoms with van der Waals surface area (Å²) in [6.07, 6.45) is 1.95. The number of nitrogens with one attached hydrogen (secondary N) is 1. The number of benzene rings is 1. The number of piperidine rings is 1. The topological polar surface area (TPSA) is 49.4 Å². The Labute approximate surface area is 115 Å². The van der Waals surface area contributed by atoms with Crippen molar-refractivity contribution in [1.82, 2.24) is 9.62 Å². The predicted molar refractivity (Wildman–Crippen MR) is 76.5 cm³/mol. The van der Waals surface area contributed by atoms with Gasteiger partial charge in [0.05, 0.1) is 4.90 Å². The molecule has 0 radical (unpaired) electrons. The first-order chi connectivity index (χ1) is 8.99. The maximum atomic E-state index is 12.2. The predicted octanol–water partition coefficient (Wildman–Crippen LogP) is 1.84. The molecule has 1 atom stereocenters. The lowest BCUT2D eigenvalue weighted by molar-refractivity contribution is 0.163. The molecule has 5 heteroatoms. The molecule has 1 aliphatic heterocycles. The van der Waals surface area contributed by atoms with Gasteiger partial charge in [-0.15, -0.1) is 0 Å². The lowest BCUT2D eigenvalue weighted by Crippen LogP contribution is -2.49. The first-order valence-corrected chi connectivity index (χ1v) is 8.29. The molecule has 19 heavy (non-hydrogen) atoms. The maximum Gasteiger partial charge on any atom is 0.240 e. The quantitative estimate of drug-likeness (QED) is 0.916. The Morgan fingerprint density at radius 3 is 2.58 bits per heavy atom. The van der Waals surface area contributed by atoms with Gasteiger partial charge < -0.3 is 0 Å². The van der Waals surface area contributed by atoms with E-state index in [0.717, 1.165) is 25.9 Å². The highest BCUT2D eigenvalue weighted by molar-refractivity contribution is 7.89. The van der Waals surface area contributed by atoms with Crippen molar-refractivity contribution in [3.05, 3.63) is 30.3 Å². The van der Waals surface area contributed by atoms with Crippen molar-refractivity contribution in [2.24, 2.45) is 0 Å². The molecule has 0 amide bonds. The van der Waals surface area contributed by atoms with Gasteiger partial charge in [-0.3, -0.25) is 4.90 Å². The van der Waals surface area contributed by atoms with E-state index < -0.39 is 10.0 Å². The highest BCUT2D eigenvalue weighted by atomic mass is 32.2. The molecule has 1 saturated heterocycles. The van der Waals surface area contributed by atoms with Crippen LogP contribution in [0, 0.1) is 0 Å². The second-order valence-corrected chi connectivity index (χ2v) is 7.08. The number of rotatable bonds is 4. The number of hydrogen-bond acceptors (Lipinski definition) is 3. The first kappa shape index (κ1) is 14.5. The summed E-state index contributed by atoms with van der Waals surface area (Å²) in [5.74, 6) is 0. The van der Waals surface area contributed by atoms with Crippen LogP contribution in [-0.2, 0) is 10.0 Å². The van der Waals surface area contributed by atoms with Gasteiger partial charge in [-0.1, -0.05) is 18.2 Å². The Balaban J connectivity index is 2.04. The Morgan fingerprint density at radius 1 is 1.26 bits per heavy atom. The lowest BCUT2D eigenvalue weighted by Gasteiger charge is -2.35. The molecule has 1 N–H and O–H groups in total. The summed E-state index contributed by atoms with van der Waals surface area (Å²) in [4.78, 5) is 2.67. The fourth-order valence-corrected chi connectivity index (χ4v) is 3.74. The Kier molecular flexibility index (Phi) is 4.60. The van der Waals surface area contributed by atoms with Gasteiger partial charge in [0.1, 0.15) is 0 Å². The van der Waals surface area contributed by atoms with E-state index >= 15 is 0 Å². The van der Waals surface area contributed by atoms with Crippen LogP contribution in [0.3, 0.4) is 0 Å². The van der Waals surface area contributed by atoms with Crippen LogP contribution in [0.25, 0.3) is 0 Å². The molecular formula is C14H22N2O2S. The number of likely N-dealkylation sites (tertiary alicyclic amines) is 1. The normalized spacial score (nSPS) is 21.7. The van der Waals surface area contributed by atoms with Gasteiger partial charge in [-0.25, -0.2) is 13.1 Å². The van der Waals surface area contributed by atoms with Crippen LogP contribution >= 0.6 is 0 Å². The van der Waals surface area contributed by atoms with E-state index in [2.05, 4.69) is 23.5 Å². The summed E-state index contributed by atoms with van der Waals surface area (Å²) < 4.78 is 27.3. The first-order valence-electron chi connectivity index (χ1n) is 6.80. The molecule has 2 rings (SSSR count). The molecule has 106 valence electrons. The van der Waals surface area contributed by atoms with E-state index in [0.29, 0.717) is 10.9 Å². The lowest BCUT2D eigenvalue weighted by atomic mass is 10.1. The fourth-order valence-electron chi connectivity index (χ4n) is 2.46.